The van der Waals surface area contributed by atoms with Gasteiger partial charge in [-0.1, -0.05) is 12.1 Å². The molecule has 1 aliphatic carbocycles. The summed E-state index contributed by atoms with van der Waals surface area (Å²) in [5.41, 5.74) is 5.36. The van der Waals surface area contributed by atoms with Crippen LogP contribution in [-0.4, -0.2) is 41.7 Å². The predicted molar refractivity (Wildman–Crippen MR) is 107 cm³/mol. The smallest absolute Gasteiger partial charge is 0.341 e. The lowest BCUT2D eigenvalue weighted by Crippen LogP contribution is -2.32. The van der Waals surface area contributed by atoms with E-state index >= 15 is 4.39 Å². The van der Waals surface area contributed by atoms with Crippen LogP contribution < -0.4 is 16.1 Å². The van der Waals surface area contributed by atoms with Gasteiger partial charge in [-0.05, 0) is 31.5 Å². The van der Waals surface area contributed by atoms with Gasteiger partial charge in [0.25, 0.3) is 0 Å². The summed E-state index contributed by atoms with van der Waals surface area (Å²) in [5.74, 6) is -1.38. The highest BCUT2D eigenvalue weighted by atomic mass is 19.1. The topological polar surface area (TPSA) is 110 Å². The number of carbonyl (C=O) groups is 1. The van der Waals surface area contributed by atoms with Crippen LogP contribution in [-0.2, 0) is 4.84 Å². The lowest BCUT2D eigenvalue weighted by molar-refractivity contribution is 0.0695. The largest absolute Gasteiger partial charge is 0.477 e. The molecule has 0 bridgehead atoms. The van der Waals surface area contributed by atoms with Crippen LogP contribution in [0.5, 0.6) is 0 Å². The molecule has 2 heterocycles. The fourth-order valence-electron chi connectivity index (χ4n) is 3.93. The lowest BCUT2D eigenvalue weighted by atomic mass is 9.90. The second-order valence-corrected chi connectivity index (χ2v) is 8.10. The normalized spacial score (nSPS) is 23.2. The summed E-state index contributed by atoms with van der Waals surface area (Å²) in [6.45, 7) is 2.85. The number of nitrogens with two attached hydrogens (primary N) is 1. The minimum Gasteiger partial charge on any atom is -0.477 e. The van der Waals surface area contributed by atoms with Crippen LogP contribution in [0, 0.1) is 11.2 Å². The molecule has 1 aromatic carbocycles. The molecule has 2 aliphatic rings. The van der Waals surface area contributed by atoms with Crippen LogP contribution in [0.15, 0.2) is 28.3 Å². The third kappa shape index (κ3) is 3.25. The summed E-state index contributed by atoms with van der Waals surface area (Å²) in [6.07, 6.45) is 3.66. The Hall–Kier alpha value is -2.94. The van der Waals surface area contributed by atoms with Crippen LogP contribution in [0.1, 0.15) is 42.6 Å². The fraction of sp³-hybridized carbons (Fsp3) is 0.450. The maximum atomic E-state index is 15.1. The Kier molecular flexibility index (Phi) is 4.57. The molecule has 2 fully saturated rings. The Morgan fingerprint density at radius 1 is 1.45 bits per heavy atom. The van der Waals surface area contributed by atoms with Gasteiger partial charge in [-0.15, -0.1) is 0 Å². The third-order valence-corrected chi connectivity index (χ3v) is 5.69. The second kappa shape index (κ2) is 6.84. The number of anilines is 1. The number of carboxylic acid groups (broad SMARTS) is 1. The Labute approximate surface area is 166 Å². The zero-order chi connectivity index (χ0) is 20.9. The van der Waals surface area contributed by atoms with Crippen molar-refractivity contribution < 1.29 is 19.1 Å². The van der Waals surface area contributed by atoms with Crippen molar-refractivity contribution >= 4 is 28.4 Å². The van der Waals surface area contributed by atoms with Gasteiger partial charge in [0, 0.05) is 36.0 Å². The van der Waals surface area contributed by atoms with E-state index in [0.717, 1.165) is 18.9 Å². The minimum atomic E-state index is -1.32. The number of aromatic carboxylic acids is 1. The van der Waals surface area contributed by atoms with E-state index in [1.807, 2.05) is 6.92 Å². The molecule has 1 aliphatic heterocycles. The molecule has 1 atom stereocenters. The number of nitrogens with zero attached hydrogens (tertiary/aromatic N) is 3. The Bertz CT molecular complexity index is 1090. The first-order chi connectivity index (χ1) is 13.8. The number of halogens is 1. The highest BCUT2D eigenvalue weighted by molar-refractivity contribution is 6.02. The molecule has 3 N–H and O–H groups in total. The molecule has 29 heavy (non-hydrogen) atoms. The first kappa shape index (κ1) is 19.4. The Balaban J connectivity index is 1.93. The Morgan fingerprint density at radius 2 is 2.17 bits per heavy atom. The highest BCUT2D eigenvalue weighted by Crippen LogP contribution is 2.40. The number of amidine groups is 1. The predicted octanol–water partition coefficient (Wildman–Crippen LogP) is 2.31. The lowest BCUT2D eigenvalue weighted by Gasteiger charge is -2.24. The van der Waals surface area contributed by atoms with E-state index in [0.29, 0.717) is 30.9 Å². The standard InChI is InChI=1S/C20H23FN4O4/c1-20(9-22)7-17(23-29-2)25(10-20)16-6-15-12(5-14(16)21)18(26)13(19(27)28)8-24(15)11-3-4-11/h5-6,8,11H,3-4,7,9-10,22H2,1-2H3,(H,27,28)/b23-17-. The maximum Gasteiger partial charge on any atom is 0.341 e. The molecule has 4 rings (SSSR count). The molecule has 0 radical (unpaired) electrons. The quantitative estimate of drug-likeness (QED) is 0.743. The van der Waals surface area contributed by atoms with Crippen LogP contribution in [0.3, 0.4) is 0 Å². The third-order valence-electron chi connectivity index (χ3n) is 5.69. The molecular formula is C20H23FN4O4. The number of hydrogen-bond donors (Lipinski definition) is 2. The summed E-state index contributed by atoms with van der Waals surface area (Å²) < 4.78 is 16.9. The number of rotatable bonds is 5. The van der Waals surface area contributed by atoms with E-state index in [1.165, 1.54) is 13.3 Å². The molecular weight excluding hydrogens is 379 g/mol. The molecule has 0 amide bonds. The molecule has 154 valence electrons. The van der Waals surface area contributed by atoms with E-state index in [4.69, 9.17) is 10.6 Å². The van der Waals surface area contributed by atoms with Crippen molar-refractivity contribution in [2.45, 2.75) is 32.2 Å². The number of aromatic nitrogens is 1. The number of pyridine rings is 1. The van der Waals surface area contributed by atoms with Crippen molar-refractivity contribution in [1.29, 1.82) is 0 Å². The van der Waals surface area contributed by atoms with Crippen molar-refractivity contribution in [3.63, 3.8) is 0 Å². The second-order valence-electron chi connectivity index (χ2n) is 8.10. The van der Waals surface area contributed by atoms with Crippen molar-refractivity contribution in [2.24, 2.45) is 16.3 Å². The number of fused-ring (bicyclic) bond motifs is 1. The summed E-state index contributed by atoms with van der Waals surface area (Å²) in [4.78, 5) is 30.8. The van der Waals surface area contributed by atoms with Gasteiger partial charge in [-0.2, -0.15) is 0 Å². The van der Waals surface area contributed by atoms with Crippen molar-refractivity contribution in [3.8, 4) is 0 Å². The molecule has 8 nitrogen and oxygen atoms in total. The Morgan fingerprint density at radius 3 is 2.76 bits per heavy atom. The van der Waals surface area contributed by atoms with Gasteiger partial charge in [0.2, 0.25) is 5.43 Å². The van der Waals surface area contributed by atoms with Crippen molar-refractivity contribution in [1.82, 2.24) is 4.57 Å². The number of carboxylic acids is 1. The number of oxime groups is 1. The van der Waals surface area contributed by atoms with Gasteiger partial charge in [0.1, 0.15) is 24.3 Å². The summed E-state index contributed by atoms with van der Waals surface area (Å²) in [5, 5.41) is 13.5. The zero-order valence-electron chi connectivity index (χ0n) is 16.3. The summed E-state index contributed by atoms with van der Waals surface area (Å²) >= 11 is 0. The molecule has 0 spiro atoms. The fourth-order valence-corrected chi connectivity index (χ4v) is 3.93. The number of benzene rings is 1. The number of hydrogen-bond acceptors (Lipinski definition) is 5. The first-order valence-corrected chi connectivity index (χ1v) is 9.47. The molecule has 1 saturated heterocycles. The summed E-state index contributed by atoms with van der Waals surface area (Å²) in [7, 11) is 1.43. The van der Waals surface area contributed by atoms with Crippen LogP contribution in [0.25, 0.3) is 10.9 Å². The van der Waals surface area contributed by atoms with Crippen molar-refractivity contribution in [3.05, 3.63) is 39.9 Å². The van der Waals surface area contributed by atoms with Gasteiger partial charge in [0.05, 0.1) is 11.2 Å². The van der Waals surface area contributed by atoms with Crippen LogP contribution in [0.2, 0.25) is 0 Å². The van der Waals surface area contributed by atoms with Crippen LogP contribution >= 0.6 is 0 Å². The van der Waals surface area contributed by atoms with Crippen molar-refractivity contribution in [2.75, 3.05) is 25.1 Å². The molecule has 1 unspecified atom stereocenters. The van der Waals surface area contributed by atoms with E-state index in [1.54, 1.807) is 15.5 Å². The van der Waals surface area contributed by atoms with E-state index in [9.17, 15) is 14.7 Å². The first-order valence-electron chi connectivity index (χ1n) is 9.47. The van der Waals surface area contributed by atoms with Gasteiger partial charge in [-0.25, -0.2) is 9.18 Å². The minimum absolute atomic E-state index is 0.0593. The van der Waals surface area contributed by atoms with Gasteiger partial charge in [0.15, 0.2) is 0 Å². The van der Waals surface area contributed by atoms with Gasteiger partial charge < -0.3 is 25.1 Å². The van der Waals surface area contributed by atoms with Gasteiger partial charge in [-0.3, -0.25) is 4.79 Å². The zero-order valence-corrected chi connectivity index (χ0v) is 16.3. The molecule has 9 heteroatoms. The van der Waals surface area contributed by atoms with Gasteiger partial charge >= 0.3 is 5.97 Å². The SMILES string of the molecule is CO/N=C1/CC(C)(CN)CN1c1cc2c(cc1F)c(=O)c(C(=O)O)cn2C1CC1. The van der Waals surface area contributed by atoms with E-state index in [-0.39, 0.29) is 28.1 Å². The average molecular weight is 402 g/mol. The maximum absolute atomic E-state index is 15.1. The molecule has 1 saturated carbocycles. The summed E-state index contributed by atoms with van der Waals surface area (Å²) in [6, 6.07) is 2.83. The van der Waals surface area contributed by atoms with Crippen LogP contribution in [0.4, 0.5) is 10.1 Å². The highest BCUT2D eigenvalue weighted by Gasteiger charge is 2.39. The molecule has 1 aromatic heterocycles. The molecule has 2 aromatic rings. The average Bonchev–Trinajstić information content (AvgIpc) is 3.46. The van der Waals surface area contributed by atoms with E-state index < -0.39 is 17.2 Å². The monoisotopic (exact) mass is 402 g/mol. The van der Waals surface area contributed by atoms with E-state index in [2.05, 4.69) is 5.16 Å².